The molecule has 2 aliphatic rings. The van der Waals surface area contributed by atoms with Crippen molar-refractivity contribution >= 4 is 26.6 Å². The molecule has 4 heterocycles. The largest absolute Gasteiger partial charge is 0.501 e. The summed E-state index contributed by atoms with van der Waals surface area (Å²) in [5, 5.41) is 5.64. The molecule has 1 N–H and O–H groups in total. The molecule has 0 aliphatic carbocycles. The van der Waals surface area contributed by atoms with Crippen LogP contribution in [0.15, 0.2) is 34.7 Å². The van der Waals surface area contributed by atoms with E-state index < -0.39 is 10.0 Å². The molecule has 11 heteroatoms. The molecule has 2 aliphatic heterocycles. The Labute approximate surface area is 238 Å². The lowest BCUT2D eigenvalue weighted by Crippen LogP contribution is -2.47. The monoisotopic (exact) mass is 574 g/mol. The molecular formula is C29H46N6O4S. The third-order valence-corrected chi connectivity index (χ3v) is 8.91. The van der Waals surface area contributed by atoms with Gasteiger partial charge >= 0.3 is 0 Å². The van der Waals surface area contributed by atoms with Crippen molar-refractivity contribution in [2.24, 2.45) is 7.05 Å². The second kappa shape index (κ2) is 15.3. The van der Waals surface area contributed by atoms with Gasteiger partial charge in [-0.05, 0) is 72.0 Å². The summed E-state index contributed by atoms with van der Waals surface area (Å²) < 4.78 is 34.9. The van der Waals surface area contributed by atoms with Gasteiger partial charge in [-0.3, -0.25) is 9.48 Å². The van der Waals surface area contributed by atoms with Gasteiger partial charge < -0.3 is 14.6 Å². The fraction of sp³-hybridized carbons (Fsp3) is 0.621. The van der Waals surface area contributed by atoms with E-state index in [1.54, 1.807) is 11.4 Å². The van der Waals surface area contributed by atoms with Crippen molar-refractivity contribution in [1.82, 2.24) is 29.0 Å². The van der Waals surface area contributed by atoms with Gasteiger partial charge in [0.2, 0.25) is 10.0 Å². The van der Waals surface area contributed by atoms with Crippen LogP contribution in [0.25, 0.3) is 16.6 Å². The summed E-state index contributed by atoms with van der Waals surface area (Å²) in [7, 11) is -1.91. The maximum Gasteiger partial charge on any atom is 0.277 e. The van der Waals surface area contributed by atoms with Crippen molar-refractivity contribution in [3.05, 3.63) is 51.8 Å². The van der Waals surface area contributed by atoms with Crippen LogP contribution in [0, 0.1) is 0 Å². The summed E-state index contributed by atoms with van der Waals surface area (Å²) in [6.07, 6.45) is 13.9. The van der Waals surface area contributed by atoms with Crippen LogP contribution in [0.5, 0.6) is 0 Å². The van der Waals surface area contributed by atoms with Crippen molar-refractivity contribution in [2.75, 3.05) is 32.8 Å². The number of H-pyrrole nitrogens is 1. The number of rotatable bonds is 9. The highest BCUT2D eigenvalue weighted by atomic mass is 32.2. The van der Waals surface area contributed by atoms with Crippen LogP contribution in [0.4, 0.5) is 0 Å². The first-order chi connectivity index (χ1) is 19.2. The van der Waals surface area contributed by atoms with Crippen molar-refractivity contribution in [2.45, 2.75) is 78.7 Å². The fourth-order valence-corrected chi connectivity index (χ4v) is 6.34. The fourth-order valence-electron chi connectivity index (χ4n) is 5.13. The molecule has 2 aromatic rings. The Morgan fingerprint density at radius 2 is 1.75 bits per heavy atom. The van der Waals surface area contributed by atoms with Crippen LogP contribution in [-0.4, -0.2) is 76.2 Å². The number of likely N-dealkylation sites (tertiary alicyclic amines) is 1. The number of aryl methyl sites for hydroxylation is 2. The van der Waals surface area contributed by atoms with E-state index in [2.05, 4.69) is 20.0 Å². The van der Waals surface area contributed by atoms with E-state index in [1.807, 2.05) is 39.8 Å². The molecule has 2 saturated heterocycles. The molecule has 4 rings (SSSR count). The summed E-state index contributed by atoms with van der Waals surface area (Å²) in [4.78, 5) is 22.8. The molecule has 0 spiro atoms. The van der Waals surface area contributed by atoms with Crippen molar-refractivity contribution in [1.29, 1.82) is 0 Å². The number of allylic oxidation sites excluding steroid dienone is 4. The van der Waals surface area contributed by atoms with Gasteiger partial charge in [0.1, 0.15) is 11.3 Å². The molecule has 2 aromatic heterocycles. The maximum atomic E-state index is 13.2. The topological polar surface area (TPSA) is 113 Å². The summed E-state index contributed by atoms with van der Waals surface area (Å²) in [5.74, 6) is 0.251. The molecule has 0 unspecified atom stereocenters. The lowest BCUT2D eigenvalue weighted by atomic mass is 10.0. The minimum Gasteiger partial charge on any atom is -0.501 e. The van der Waals surface area contributed by atoms with Gasteiger partial charge in [0.25, 0.3) is 5.56 Å². The van der Waals surface area contributed by atoms with Crippen molar-refractivity contribution in [3.8, 4) is 0 Å². The predicted molar refractivity (Wildman–Crippen MR) is 161 cm³/mol. The van der Waals surface area contributed by atoms with Crippen LogP contribution < -0.4 is 5.56 Å². The zero-order valence-corrected chi connectivity index (χ0v) is 25.5. The SMILES string of the molecule is C/C=C\C.CCCc1nn(C)c2c(=O)[nH]c(C(/C=C\S(=O)(=O)N3CCC(N4CCCCC4)CC3)=C\OCC)nc12. The van der Waals surface area contributed by atoms with Crippen LogP contribution in [-0.2, 0) is 28.2 Å². The summed E-state index contributed by atoms with van der Waals surface area (Å²) in [6.45, 7) is 11.5. The molecule has 0 radical (unpaired) electrons. The molecule has 0 bridgehead atoms. The van der Waals surface area contributed by atoms with E-state index in [1.165, 1.54) is 41.7 Å². The normalized spacial score (nSPS) is 18.5. The smallest absolute Gasteiger partial charge is 0.277 e. The Morgan fingerprint density at radius 3 is 2.35 bits per heavy atom. The third kappa shape index (κ3) is 8.14. The second-order valence-corrected chi connectivity index (χ2v) is 12.0. The Morgan fingerprint density at radius 1 is 1.07 bits per heavy atom. The van der Waals surface area contributed by atoms with E-state index in [9.17, 15) is 13.2 Å². The van der Waals surface area contributed by atoms with Crippen LogP contribution in [0.1, 0.15) is 77.7 Å². The first-order valence-corrected chi connectivity index (χ1v) is 16.0. The number of sulfonamides is 1. The second-order valence-electron chi connectivity index (χ2n) is 10.2. The van der Waals surface area contributed by atoms with Crippen molar-refractivity contribution in [3.63, 3.8) is 0 Å². The lowest BCUT2D eigenvalue weighted by Gasteiger charge is -2.39. The van der Waals surface area contributed by atoms with Gasteiger partial charge in [0, 0.05) is 31.6 Å². The number of piperidine rings is 2. The number of aromatic nitrogens is 4. The van der Waals surface area contributed by atoms with Gasteiger partial charge in [0.15, 0.2) is 5.52 Å². The minimum absolute atomic E-state index is 0.251. The zero-order valence-electron chi connectivity index (χ0n) is 24.7. The number of ether oxygens (including phenoxy) is 1. The summed E-state index contributed by atoms with van der Waals surface area (Å²) >= 11 is 0. The number of nitrogens with zero attached hydrogens (tertiary/aromatic N) is 5. The molecule has 40 heavy (non-hydrogen) atoms. The Bertz CT molecular complexity index is 1340. The quantitative estimate of drug-likeness (QED) is 0.269. The van der Waals surface area contributed by atoms with Crippen LogP contribution in [0.2, 0.25) is 0 Å². The lowest BCUT2D eigenvalue weighted by molar-refractivity contribution is 0.118. The molecule has 10 nitrogen and oxygen atoms in total. The number of nitrogens with one attached hydrogen (secondary N) is 1. The van der Waals surface area contributed by atoms with Gasteiger partial charge in [0.05, 0.1) is 24.1 Å². The molecule has 222 valence electrons. The molecular weight excluding hydrogens is 528 g/mol. The average Bonchev–Trinajstić information content (AvgIpc) is 3.29. The Balaban J connectivity index is 0.00000103. The Hall–Kier alpha value is -2.76. The predicted octanol–water partition coefficient (Wildman–Crippen LogP) is 4.36. The maximum absolute atomic E-state index is 13.2. The molecule has 0 aromatic carbocycles. The highest BCUT2D eigenvalue weighted by molar-refractivity contribution is 7.92. The third-order valence-electron chi connectivity index (χ3n) is 7.34. The summed E-state index contributed by atoms with van der Waals surface area (Å²) in [5.41, 5.74) is 1.72. The standard InChI is InChI=1S/C25H38N6O4S.C4H8/c1-4-9-21-22-23(29(3)28-21)25(32)27-24(26-22)19(18-35-5-2)12-17-36(33,34)31-15-10-20(11-16-31)30-13-7-6-8-14-30;1-3-4-2/h12,17-18,20H,4-11,13-16H2,1-3H3,(H,26,27,32);3-4H,1-2H3/b17-12-,19-18-;4-3-. The van der Waals surface area contributed by atoms with E-state index in [0.717, 1.165) is 38.0 Å². The van der Waals surface area contributed by atoms with Crippen LogP contribution >= 0.6 is 0 Å². The van der Waals surface area contributed by atoms with E-state index in [-0.39, 0.29) is 11.4 Å². The Kier molecular flexibility index (Phi) is 12.1. The highest BCUT2D eigenvalue weighted by Crippen LogP contribution is 2.24. The van der Waals surface area contributed by atoms with E-state index >= 15 is 0 Å². The summed E-state index contributed by atoms with van der Waals surface area (Å²) in [6, 6.07) is 0.465. The van der Waals surface area contributed by atoms with Gasteiger partial charge in [-0.25, -0.2) is 13.4 Å². The first kappa shape index (κ1) is 31.8. The van der Waals surface area contributed by atoms with Crippen LogP contribution in [0.3, 0.4) is 0 Å². The molecule has 0 saturated carbocycles. The zero-order chi connectivity index (χ0) is 29.1. The average molecular weight is 575 g/mol. The number of hydrogen-bond donors (Lipinski definition) is 1. The van der Waals surface area contributed by atoms with Gasteiger partial charge in [-0.1, -0.05) is 31.9 Å². The number of hydrogen-bond acceptors (Lipinski definition) is 7. The van der Waals surface area contributed by atoms with Gasteiger partial charge in [-0.2, -0.15) is 9.40 Å². The van der Waals surface area contributed by atoms with E-state index in [0.29, 0.717) is 48.8 Å². The number of aromatic amines is 1. The first-order valence-electron chi connectivity index (χ1n) is 14.5. The number of fused-ring (bicyclic) bond motifs is 1. The molecule has 2 fully saturated rings. The van der Waals surface area contributed by atoms with Crippen molar-refractivity contribution < 1.29 is 13.2 Å². The molecule has 0 atom stereocenters. The van der Waals surface area contributed by atoms with Gasteiger partial charge in [-0.15, -0.1) is 0 Å². The molecule has 0 amide bonds. The van der Waals surface area contributed by atoms with E-state index in [4.69, 9.17) is 4.74 Å². The highest BCUT2D eigenvalue weighted by Gasteiger charge is 2.30. The minimum atomic E-state index is -3.63.